The molecule has 2 heterocycles. The molecule has 0 radical (unpaired) electrons. The van der Waals surface area contributed by atoms with Gasteiger partial charge in [0.05, 0.1) is 15.9 Å². The van der Waals surface area contributed by atoms with E-state index in [4.69, 9.17) is 5.73 Å². The molecule has 0 fully saturated rings. The monoisotopic (exact) mass is 244 g/mol. The number of hydrogen-bond acceptors (Lipinski definition) is 4. The molecule has 0 unspecified atom stereocenters. The highest BCUT2D eigenvalue weighted by Crippen LogP contribution is 2.26. The van der Waals surface area contributed by atoms with Crippen LogP contribution < -0.4 is 5.73 Å². The molecule has 1 aromatic carbocycles. The van der Waals surface area contributed by atoms with Crippen molar-refractivity contribution in [2.24, 2.45) is 0 Å². The zero-order valence-corrected chi connectivity index (χ0v) is 10.2. The Morgan fingerprint density at radius 3 is 2.88 bits per heavy atom. The molecule has 0 bridgehead atoms. The van der Waals surface area contributed by atoms with E-state index in [1.165, 1.54) is 0 Å². The van der Waals surface area contributed by atoms with E-state index in [1.54, 1.807) is 16.0 Å². The highest BCUT2D eigenvalue weighted by molar-refractivity contribution is 7.20. The number of para-hydroxylation sites is 1. The van der Waals surface area contributed by atoms with Gasteiger partial charge in [-0.3, -0.25) is 0 Å². The van der Waals surface area contributed by atoms with Gasteiger partial charge in [0.2, 0.25) is 5.13 Å². The molecule has 0 aliphatic carbocycles. The molecular weight excluding hydrogens is 232 g/mol. The first-order valence-corrected chi connectivity index (χ1v) is 6.30. The lowest BCUT2D eigenvalue weighted by Crippen LogP contribution is -2.01. The van der Waals surface area contributed by atoms with Gasteiger partial charge in [0.15, 0.2) is 0 Å². The molecule has 17 heavy (non-hydrogen) atoms. The van der Waals surface area contributed by atoms with E-state index in [0.717, 1.165) is 27.5 Å². The third kappa shape index (κ3) is 1.68. The summed E-state index contributed by atoms with van der Waals surface area (Å²) in [5, 5.41) is 5.26. The summed E-state index contributed by atoms with van der Waals surface area (Å²) in [7, 11) is 0. The van der Waals surface area contributed by atoms with E-state index in [9.17, 15) is 0 Å². The lowest BCUT2D eigenvalue weighted by Gasteiger charge is -1.96. The van der Waals surface area contributed by atoms with Crippen LogP contribution in [0.3, 0.4) is 0 Å². The van der Waals surface area contributed by atoms with Crippen LogP contribution in [0.5, 0.6) is 0 Å². The number of benzene rings is 1. The van der Waals surface area contributed by atoms with Gasteiger partial charge in [-0.2, -0.15) is 9.78 Å². The third-order valence-electron chi connectivity index (χ3n) is 2.61. The maximum Gasteiger partial charge on any atom is 0.213 e. The van der Waals surface area contributed by atoms with Crippen molar-refractivity contribution in [3.8, 4) is 5.13 Å². The third-order valence-corrected chi connectivity index (χ3v) is 3.63. The molecule has 0 atom stereocenters. The van der Waals surface area contributed by atoms with Crippen molar-refractivity contribution >= 4 is 27.4 Å². The summed E-state index contributed by atoms with van der Waals surface area (Å²) < 4.78 is 2.86. The number of nitrogen functional groups attached to an aromatic ring is 1. The Hall–Kier alpha value is -1.88. The van der Waals surface area contributed by atoms with E-state index in [1.807, 2.05) is 24.3 Å². The molecule has 0 aliphatic rings. The van der Waals surface area contributed by atoms with E-state index >= 15 is 0 Å². The zero-order chi connectivity index (χ0) is 11.8. The van der Waals surface area contributed by atoms with Gasteiger partial charge in [-0.15, -0.1) is 0 Å². The van der Waals surface area contributed by atoms with Crippen LogP contribution in [-0.4, -0.2) is 14.8 Å². The second-order valence-corrected chi connectivity index (χ2v) is 4.80. The minimum Gasteiger partial charge on any atom is -0.383 e. The summed E-state index contributed by atoms with van der Waals surface area (Å²) in [6.07, 6.45) is 0.877. The van der Waals surface area contributed by atoms with Crippen molar-refractivity contribution in [2.75, 3.05) is 5.73 Å². The number of fused-ring (bicyclic) bond motifs is 1. The SMILES string of the molecule is CCc1cc(N)n(-c2nc3ccccc3s2)n1. The number of aromatic nitrogens is 3. The molecule has 2 aromatic heterocycles. The van der Waals surface area contributed by atoms with Crippen LogP contribution in [-0.2, 0) is 6.42 Å². The standard InChI is InChI=1S/C12H12N4S/c1-2-8-7-11(13)16(15-8)12-14-9-5-3-4-6-10(9)17-12/h3-7H,2,13H2,1H3. The van der Waals surface area contributed by atoms with Crippen LogP contribution in [0.1, 0.15) is 12.6 Å². The molecule has 3 aromatic rings. The molecular formula is C12H12N4S. The minimum absolute atomic E-state index is 0.640. The fourth-order valence-corrected chi connectivity index (χ4v) is 2.66. The summed E-state index contributed by atoms with van der Waals surface area (Å²) in [5.74, 6) is 0.640. The van der Waals surface area contributed by atoms with Gasteiger partial charge in [-0.25, -0.2) is 4.98 Å². The van der Waals surface area contributed by atoms with Crippen LogP contribution >= 0.6 is 11.3 Å². The molecule has 0 saturated carbocycles. The summed E-state index contributed by atoms with van der Waals surface area (Å²) in [6.45, 7) is 2.06. The van der Waals surface area contributed by atoms with Crippen molar-refractivity contribution in [2.45, 2.75) is 13.3 Å². The molecule has 0 aliphatic heterocycles. The summed E-state index contributed by atoms with van der Waals surface area (Å²) in [4.78, 5) is 4.53. The minimum atomic E-state index is 0.640. The molecule has 0 amide bonds. The van der Waals surface area contributed by atoms with E-state index in [-0.39, 0.29) is 0 Å². The Bertz CT molecular complexity index is 635. The van der Waals surface area contributed by atoms with Gasteiger partial charge in [-0.1, -0.05) is 30.4 Å². The van der Waals surface area contributed by atoms with E-state index in [2.05, 4.69) is 23.1 Å². The smallest absolute Gasteiger partial charge is 0.213 e. The van der Waals surface area contributed by atoms with Crippen molar-refractivity contribution in [3.05, 3.63) is 36.0 Å². The fraction of sp³-hybridized carbons (Fsp3) is 0.167. The molecule has 86 valence electrons. The predicted octanol–water partition coefficient (Wildman–Crippen LogP) is 2.63. The second-order valence-electron chi connectivity index (χ2n) is 3.79. The normalized spacial score (nSPS) is 11.1. The molecule has 3 rings (SSSR count). The second kappa shape index (κ2) is 3.85. The van der Waals surface area contributed by atoms with E-state index < -0.39 is 0 Å². The van der Waals surface area contributed by atoms with E-state index in [0.29, 0.717) is 5.82 Å². The maximum atomic E-state index is 5.94. The number of hydrogen-bond donors (Lipinski definition) is 1. The van der Waals surface area contributed by atoms with Crippen LogP contribution in [0, 0.1) is 0 Å². The number of nitrogens with zero attached hydrogens (tertiary/aromatic N) is 3. The van der Waals surface area contributed by atoms with Crippen molar-refractivity contribution in [1.29, 1.82) is 0 Å². The first-order valence-electron chi connectivity index (χ1n) is 5.48. The quantitative estimate of drug-likeness (QED) is 0.754. The van der Waals surface area contributed by atoms with Crippen LogP contribution in [0.4, 0.5) is 5.82 Å². The Morgan fingerprint density at radius 2 is 2.18 bits per heavy atom. The Morgan fingerprint density at radius 1 is 1.35 bits per heavy atom. The maximum absolute atomic E-state index is 5.94. The van der Waals surface area contributed by atoms with Gasteiger partial charge in [0.25, 0.3) is 0 Å². The molecule has 5 heteroatoms. The van der Waals surface area contributed by atoms with Crippen LogP contribution in [0.25, 0.3) is 15.3 Å². The van der Waals surface area contributed by atoms with Crippen LogP contribution in [0.2, 0.25) is 0 Å². The molecule has 4 nitrogen and oxygen atoms in total. The van der Waals surface area contributed by atoms with Gasteiger partial charge >= 0.3 is 0 Å². The zero-order valence-electron chi connectivity index (χ0n) is 9.42. The number of anilines is 1. The Labute approximate surface area is 103 Å². The lowest BCUT2D eigenvalue weighted by molar-refractivity contribution is 0.844. The van der Waals surface area contributed by atoms with Gasteiger partial charge in [-0.05, 0) is 18.6 Å². The number of nitrogens with two attached hydrogens (primary N) is 1. The number of rotatable bonds is 2. The average molecular weight is 244 g/mol. The van der Waals surface area contributed by atoms with Crippen molar-refractivity contribution in [1.82, 2.24) is 14.8 Å². The lowest BCUT2D eigenvalue weighted by atomic mass is 10.3. The molecule has 0 spiro atoms. The first kappa shape index (κ1) is 10.3. The van der Waals surface area contributed by atoms with Crippen LogP contribution in [0.15, 0.2) is 30.3 Å². The van der Waals surface area contributed by atoms with Gasteiger partial charge < -0.3 is 5.73 Å². The topological polar surface area (TPSA) is 56.7 Å². The highest BCUT2D eigenvalue weighted by Gasteiger charge is 2.10. The molecule has 0 saturated heterocycles. The predicted molar refractivity (Wildman–Crippen MR) is 70.5 cm³/mol. The summed E-state index contributed by atoms with van der Waals surface area (Å²) in [6, 6.07) is 9.93. The summed E-state index contributed by atoms with van der Waals surface area (Å²) >= 11 is 1.60. The van der Waals surface area contributed by atoms with Gasteiger partial charge in [0.1, 0.15) is 5.82 Å². The number of aryl methyl sites for hydroxylation is 1. The largest absolute Gasteiger partial charge is 0.383 e. The van der Waals surface area contributed by atoms with Crippen molar-refractivity contribution < 1.29 is 0 Å². The molecule has 2 N–H and O–H groups in total. The first-order chi connectivity index (χ1) is 8.28. The van der Waals surface area contributed by atoms with Gasteiger partial charge in [0, 0.05) is 6.07 Å². The number of thiazole rings is 1. The fourth-order valence-electron chi connectivity index (χ4n) is 1.72. The Balaban J connectivity index is 2.16. The summed E-state index contributed by atoms with van der Waals surface area (Å²) in [5.41, 5.74) is 7.91. The average Bonchev–Trinajstić information content (AvgIpc) is 2.91. The Kier molecular flexibility index (Phi) is 2.33. The highest BCUT2D eigenvalue weighted by atomic mass is 32.1. The van der Waals surface area contributed by atoms with Crippen molar-refractivity contribution in [3.63, 3.8) is 0 Å².